The zero-order valence-corrected chi connectivity index (χ0v) is 13.6. The van der Waals surface area contributed by atoms with Crippen LogP contribution in [0.15, 0.2) is 52.1 Å². The Balaban J connectivity index is 1.94. The third-order valence-corrected chi connectivity index (χ3v) is 4.92. The third kappa shape index (κ3) is 3.23. The van der Waals surface area contributed by atoms with Crippen LogP contribution >= 0.6 is 0 Å². The number of H-pyrrole nitrogens is 2. The first-order chi connectivity index (χ1) is 11.4. The van der Waals surface area contributed by atoms with E-state index in [0.717, 1.165) is 5.56 Å². The van der Waals surface area contributed by atoms with Gasteiger partial charge in [0.2, 0.25) is 10.0 Å². The summed E-state index contributed by atoms with van der Waals surface area (Å²) in [6.45, 7) is 1.84. The van der Waals surface area contributed by atoms with Gasteiger partial charge in [-0.2, -0.15) is 0 Å². The maximum absolute atomic E-state index is 12.3. The molecule has 0 saturated heterocycles. The van der Waals surface area contributed by atoms with Crippen LogP contribution in [0.25, 0.3) is 10.8 Å². The quantitative estimate of drug-likeness (QED) is 0.664. The van der Waals surface area contributed by atoms with Gasteiger partial charge in [-0.05, 0) is 36.2 Å². The number of hydrogen-bond donors (Lipinski definition) is 3. The fourth-order valence-corrected chi connectivity index (χ4v) is 3.73. The van der Waals surface area contributed by atoms with Crippen molar-refractivity contribution in [1.29, 1.82) is 0 Å². The van der Waals surface area contributed by atoms with Gasteiger partial charge in [-0.3, -0.25) is 24.5 Å². The molecule has 1 aromatic heterocycles. The van der Waals surface area contributed by atoms with E-state index < -0.39 is 21.1 Å². The van der Waals surface area contributed by atoms with E-state index in [4.69, 9.17) is 0 Å². The highest BCUT2D eigenvalue weighted by atomic mass is 32.2. The smallest absolute Gasteiger partial charge is 0.270 e. The summed E-state index contributed by atoms with van der Waals surface area (Å²) in [5.41, 5.74) is 0.861. The van der Waals surface area contributed by atoms with E-state index in [9.17, 15) is 18.0 Å². The molecular formula is C16H15N3O4S. The minimum atomic E-state index is -3.65. The summed E-state index contributed by atoms with van der Waals surface area (Å²) in [5, 5.41) is 4.74. The van der Waals surface area contributed by atoms with E-state index >= 15 is 0 Å². The van der Waals surface area contributed by atoms with E-state index in [1.165, 1.54) is 18.2 Å². The number of aryl methyl sites for hydroxylation is 1. The molecule has 0 amide bonds. The number of aromatic nitrogens is 2. The molecule has 7 nitrogen and oxygen atoms in total. The maximum Gasteiger partial charge on any atom is 0.270 e. The molecule has 3 rings (SSSR count). The summed E-state index contributed by atoms with van der Waals surface area (Å²) >= 11 is 0. The first-order valence-electron chi connectivity index (χ1n) is 7.15. The molecule has 1 heterocycles. The number of rotatable bonds is 4. The Kier molecular flexibility index (Phi) is 3.98. The minimum Gasteiger partial charge on any atom is -0.283 e. The van der Waals surface area contributed by atoms with Gasteiger partial charge < -0.3 is 0 Å². The number of anilines is 1. The van der Waals surface area contributed by atoms with Crippen LogP contribution in [0.5, 0.6) is 0 Å². The summed E-state index contributed by atoms with van der Waals surface area (Å²) in [4.78, 5) is 23.4. The molecule has 0 bridgehead atoms. The molecule has 3 aromatic rings. The first-order valence-corrected chi connectivity index (χ1v) is 8.81. The van der Waals surface area contributed by atoms with Crippen molar-refractivity contribution >= 4 is 26.5 Å². The van der Waals surface area contributed by atoms with Crippen LogP contribution in [0.1, 0.15) is 11.1 Å². The summed E-state index contributed by atoms with van der Waals surface area (Å²) in [6, 6.07) is 11.4. The second-order valence-electron chi connectivity index (χ2n) is 5.46. The molecule has 0 radical (unpaired) electrons. The molecule has 2 aromatic carbocycles. The van der Waals surface area contributed by atoms with Crippen molar-refractivity contribution < 1.29 is 8.42 Å². The molecule has 0 aliphatic rings. The van der Waals surface area contributed by atoms with Gasteiger partial charge in [-0.15, -0.1) is 0 Å². The zero-order valence-electron chi connectivity index (χ0n) is 12.8. The number of benzene rings is 2. The van der Waals surface area contributed by atoms with E-state index in [0.29, 0.717) is 5.56 Å². The zero-order chi connectivity index (χ0) is 17.3. The highest BCUT2D eigenvalue weighted by Crippen LogP contribution is 2.17. The molecule has 124 valence electrons. The highest BCUT2D eigenvalue weighted by Gasteiger charge is 2.14. The van der Waals surface area contributed by atoms with Crippen molar-refractivity contribution in [2.45, 2.75) is 12.7 Å². The molecule has 3 N–H and O–H groups in total. The number of sulfonamides is 1. The van der Waals surface area contributed by atoms with Crippen LogP contribution in [-0.2, 0) is 15.8 Å². The number of nitrogens with one attached hydrogen (secondary N) is 3. The molecule has 0 unspecified atom stereocenters. The number of aromatic amines is 2. The Hall–Kier alpha value is -2.87. The van der Waals surface area contributed by atoms with Crippen molar-refractivity contribution in [3.05, 3.63) is 74.3 Å². The normalized spacial score (nSPS) is 11.5. The van der Waals surface area contributed by atoms with E-state index in [1.807, 2.05) is 19.1 Å². The van der Waals surface area contributed by atoms with Crippen molar-refractivity contribution in [3.63, 3.8) is 0 Å². The largest absolute Gasteiger partial charge is 0.283 e. The average Bonchev–Trinajstić information content (AvgIpc) is 2.53. The van der Waals surface area contributed by atoms with Crippen molar-refractivity contribution in [2.75, 3.05) is 4.72 Å². The van der Waals surface area contributed by atoms with Gasteiger partial charge in [0.05, 0.1) is 16.5 Å². The van der Waals surface area contributed by atoms with Gasteiger partial charge in [0, 0.05) is 5.69 Å². The first kappa shape index (κ1) is 16.0. The minimum absolute atomic E-state index is 0.120. The Morgan fingerprint density at radius 2 is 1.62 bits per heavy atom. The van der Waals surface area contributed by atoms with Crippen LogP contribution in [0.3, 0.4) is 0 Å². The van der Waals surface area contributed by atoms with Gasteiger partial charge in [0.1, 0.15) is 0 Å². The van der Waals surface area contributed by atoms with Crippen LogP contribution in [-0.4, -0.2) is 18.6 Å². The van der Waals surface area contributed by atoms with Gasteiger partial charge in [-0.1, -0.05) is 24.3 Å². The lowest BCUT2D eigenvalue weighted by atomic mass is 10.1. The lowest BCUT2D eigenvalue weighted by molar-refractivity contribution is 0.600. The average molecular weight is 345 g/mol. The van der Waals surface area contributed by atoms with E-state index in [1.54, 1.807) is 12.1 Å². The molecule has 8 heteroatoms. The van der Waals surface area contributed by atoms with E-state index in [2.05, 4.69) is 14.9 Å². The summed E-state index contributed by atoms with van der Waals surface area (Å²) < 4.78 is 27.1. The summed E-state index contributed by atoms with van der Waals surface area (Å²) in [7, 11) is -3.65. The molecule has 0 spiro atoms. The van der Waals surface area contributed by atoms with Gasteiger partial charge >= 0.3 is 0 Å². The molecule has 0 aliphatic heterocycles. The Labute approximate surface area is 137 Å². The maximum atomic E-state index is 12.3. The second kappa shape index (κ2) is 5.97. The van der Waals surface area contributed by atoms with Crippen LogP contribution in [0.4, 0.5) is 5.69 Å². The number of hydrogen-bond acceptors (Lipinski definition) is 4. The summed E-state index contributed by atoms with van der Waals surface area (Å²) in [6.07, 6.45) is 0. The molecule has 0 aliphatic carbocycles. The molecular weight excluding hydrogens is 330 g/mol. The SMILES string of the molecule is Cc1ccccc1CS(=O)(=O)Nc1ccc2c(=O)[nH][nH]c(=O)c2c1. The Bertz CT molecular complexity index is 1130. The topological polar surface area (TPSA) is 112 Å². The Morgan fingerprint density at radius 3 is 2.33 bits per heavy atom. The fraction of sp³-hybridized carbons (Fsp3) is 0.125. The standard InChI is InChI=1S/C16H15N3O4S/c1-10-4-2-3-5-11(10)9-24(22,23)19-12-6-7-13-14(8-12)16(21)18-17-15(13)20/h2-8,19H,9H2,1H3,(H,17,20)(H,18,21). The molecule has 0 saturated carbocycles. The predicted molar refractivity (Wildman–Crippen MR) is 92.6 cm³/mol. The van der Waals surface area contributed by atoms with Crippen molar-refractivity contribution in [2.24, 2.45) is 0 Å². The lowest BCUT2D eigenvalue weighted by Gasteiger charge is -2.10. The lowest BCUT2D eigenvalue weighted by Crippen LogP contribution is -2.20. The van der Waals surface area contributed by atoms with Gasteiger partial charge in [0.15, 0.2) is 0 Å². The van der Waals surface area contributed by atoms with Crippen LogP contribution < -0.4 is 15.8 Å². The number of fused-ring (bicyclic) bond motifs is 1. The van der Waals surface area contributed by atoms with Gasteiger partial charge in [0.25, 0.3) is 11.1 Å². The summed E-state index contributed by atoms with van der Waals surface area (Å²) in [5.74, 6) is -0.177. The van der Waals surface area contributed by atoms with Crippen molar-refractivity contribution in [1.82, 2.24) is 10.2 Å². The molecule has 0 atom stereocenters. The van der Waals surface area contributed by atoms with Crippen LogP contribution in [0.2, 0.25) is 0 Å². The fourth-order valence-electron chi connectivity index (χ4n) is 2.43. The third-order valence-electron chi connectivity index (χ3n) is 3.68. The second-order valence-corrected chi connectivity index (χ2v) is 7.18. The van der Waals surface area contributed by atoms with Gasteiger partial charge in [-0.25, -0.2) is 8.42 Å². The molecule has 24 heavy (non-hydrogen) atoms. The molecule has 0 fully saturated rings. The predicted octanol–water partition coefficient (Wildman–Crippen LogP) is 1.47. The van der Waals surface area contributed by atoms with Crippen LogP contribution in [0, 0.1) is 6.92 Å². The Morgan fingerprint density at radius 1 is 0.958 bits per heavy atom. The van der Waals surface area contributed by atoms with Crippen molar-refractivity contribution in [3.8, 4) is 0 Å². The highest BCUT2D eigenvalue weighted by molar-refractivity contribution is 7.91. The van der Waals surface area contributed by atoms with E-state index in [-0.39, 0.29) is 22.2 Å². The monoisotopic (exact) mass is 345 g/mol.